The van der Waals surface area contributed by atoms with Crippen LogP contribution >= 0.6 is 0 Å². The van der Waals surface area contributed by atoms with Crippen LogP contribution in [0.25, 0.3) is 6.08 Å². The number of aliphatic hydroxyl groups is 1. The number of hydrogen-bond acceptors (Lipinski definition) is 5. The normalized spacial score (nSPS) is 30.8. The van der Waals surface area contributed by atoms with E-state index < -0.39 is 41.4 Å². The molecule has 150 valence electrons. The van der Waals surface area contributed by atoms with Gasteiger partial charge in [0.15, 0.2) is 5.54 Å². The van der Waals surface area contributed by atoms with Gasteiger partial charge in [0.2, 0.25) is 11.8 Å². The van der Waals surface area contributed by atoms with E-state index in [0.29, 0.717) is 6.42 Å². The summed E-state index contributed by atoms with van der Waals surface area (Å²) in [6.45, 7) is 3.57. The first-order valence-corrected chi connectivity index (χ1v) is 9.62. The van der Waals surface area contributed by atoms with Crippen molar-refractivity contribution in [3.05, 3.63) is 42.0 Å². The molecule has 5 unspecified atom stereocenters. The Morgan fingerprint density at radius 1 is 1.29 bits per heavy atom. The van der Waals surface area contributed by atoms with E-state index in [9.17, 15) is 24.6 Å². The number of fused-ring (bicyclic) bond motifs is 1. The minimum Gasteiger partial charge on any atom is -0.480 e. The highest BCUT2D eigenvalue weighted by molar-refractivity contribution is 6.09. The molecule has 0 aromatic heterocycles. The summed E-state index contributed by atoms with van der Waals surface area (Å²) in [4.78, 5) is 39.4. The van der Waals surface area contributed by atoms with E-state index in [1.807, 2.05) is 37.3 Å². The van der Waals surface area contributed by atoms with Gasteiger partial charge in [0.05, 0.1) is 17.9 Å². The first-order valence-electron chi connectivity index (χ1n) is 9.62. The SMILES string of the molecule is CCCCN1C(=O)C2C(C=Cc3ccccc3)NC(C(=O)O)(C(C)O)C2C1=O. The van der Waals surface area contributed by atoms with Gasteiger partial charge in [-0.3, -0.25) is 24.6 Å². The van der Waals surface area contributed by atoms with E-state index in [4.69, 9.17) is 0 Å². The molecule has 5 atom stereocenters. The summed E-state index contributed by atoms with van der Waals surface area (Å²) in [5, 5.41) is 23.2. The van der Waals surface area contributed by atoms with E-state index in [2.05, 4.69) is 5.32 Å². The van der Waals surface area contributed by atoms with Gasteiger partial charge in [-0.15, -0.1) is 0 Å². The quantitative estimate of drug-likeness (QED) is 0.610. The minimum absolute atomic E-state index is 0.270. The van der Waals surface area contributed by atoms with Crippen LogP contribution in [0.4, 0.5) is 0 Å². The molecule has 7 heteroatoms. The number of carboxylic acid groups (broad SMARTS) is 1. The molecule has 3 rings (SSSR count). The third kappa shape index (κ3) is 3.14. The number of benzene rings is 1. The van der Waals surface area contributed by atoms with Gasteiger partial charge in [-0.05, 0) is 18.9 Å². The Hall–Kier alpha value is -2.51. The standard InChI is InChI=1S/C21H26N2O5/c1-3-4-12-23-18(25)16-15(11-10-14-8-6-5-7-9-14)22-21(13(2)24,20(27)28)17(16)19(23)26/h5-11,13,15-17,22,24H,3-4,12H2,1-2H3,(H,27,28). The van der Waals surface area contributed by atoms with Gasteiger partial charge in [-0.25, -0.2) is 0 Å². The number of aliphatic carboxylic acids is 1. The molecular weight excluding hydrogens is 360 g/mol. The van der Waals surface area contributed by atoms with Crippen molar-refractivity contribution in [1.29, 1.82) is 0 Å². The maximum absolute atomic E-state index is 13.0. The molecule has 0 bridgehead atoms. The Bertz CT molecular complexity index is 791. The monoisotopic (exact) mass is 386 g/mol. The van der Waals surface area contributed by atoms with Gasteiger partial charge in [0.1, 0.15) is 0 Å². The highest BCUT2D eigenvalue weighted by Gasteiger charge is 2.69. The fourth-order valence-electron chi connectivity index (χ4n) is 4.28. The lowest BCUT2D eigenvalue weighted by molar-refractivity contribution is -0.156. The van der Waals surface area contributed by atoms with Crippen LogP contribution in [0.1, 0.15) is 32.3 Å². The Labute approximate surface area is 164 Å². The third-order valence-electron chi connectivity index (χ3n) is 5.77. The van der Waals surface area contributed by atoms with Crippen LogP contribution in [0.15, 0.2) is 36.4 Å². The smallest absolute Gasteiger partial charge is 0.327 e. The van der Waals surface area contributed by atoms with E-state index in [1.54, 1.807) is 12.2 Å². The number of hydrogen-bond donors (Lipinski definition) is 3. The van der Waals surface area contributed by atoms with Crippen molar-refractivity contribution in [2.24, 2.45) is 11.8 Å². The van der Waals surface area contributed by atoms with Gasteiger partial charge >= 0.3 is 5.97 Å². The highest BCUT2D eigenvalue weighted by Crippen LogP contribution is 2.45. The average Bonchev–Trinajstić information content (AvgIpc) is 3.14. The van der Waals surface area contributed by atoms with Gasteiger partial charge in [-0.2, -0.15) is 0 Å². The predicted molar refractivity (Wildman–Crippen MR) is 103 cm³/mol. The summed E-state index contributed by atoms with van der Waals surface area (Å²) in [5.74, 6) is -4.21. The molecule has 0 aliphatic carbocycles. The minimum atomic E-state index is -1.90. The molecule has 2 aliphatic heterocycles. The molecule has 2 amide bonds. The van der Waals surface area contributed by atoms with Gasteiger partial charge in [-0.1, -0.05) is 55.8 Å². The number of nitrogens with zero attached hydrogens (tertiary/aromatic N) is 1. The van der Waals surface area contributed by atoms with Gasteiger partial charge in [0.25, 0.3) is 0 Å². The molecule has 2 heterocycles. The summed E-state index contributed by atoms with van der Waals surface area (Å²) >= 11 is 0. The highest BCUT2D eigenvalue weighted by atomic mass is 16.4. The zero-order chi connectivity index (χ0) is 20.5. The van der Waals surface area contributed by atoms with Crippen molar-refractivity contribution < 1.29 is 24.6 Å². The molecule has 7 nitrogen and oxygen atoms in total. The molecule has 2 saturated heterocycles. The third-order valence-corrected chi connectivity index (χ3v) is 5.77. The number of nitrogens with one attached hydrogen (secondary N) is 1. The second-order valence-corrected chi connectivity index (χ2v) is 7.48. The number of aliphatic hydroxyl groups excluding tert-OH is 1. The number of unbranched alkanes of at least 4 members (excludes halogenated alkanes) is 1. The van der Waals surface area contributed by atoms with Crippen molar-refractivity contribution in [2.75, 3.05) is 6.54 Å². The lowest BCUT2D eigenvalue weighted by Crippen LogP contribution is -2.63. The Morgan fingerprint density at radius 2 is 1.96 bits per heavy atom. The first kappa shape index (κ1) is 20.2. The number of imide groups is 1. The second-order valence-electron chi connectivity index (χ2n) is 7.48. The molecule has 2 fully saturated rings. The van der Waals surface area contributed by atoms with Crippen molar-refractivity contribution >= 4 is 23.9 Å². The second kappa shape index (κ2) is 7.85. The van der Waals surface area contributed by atoms with Gasteiger partial charge < -0.3 is 10.2 Å². The van der Waals surface area contributed by atoms with Crippen molar-refractivity contribution in [3.63, 3.8) is 0 Å². The molecule has 0 saturated carbocycles. The Kier molecular flexibility index (Phi) is 5.67. The number of likely N-dealkylation sites (tertiary alicyclic amines) is 1. The van der Waals surface area contributed by atoms with Crippen molar-refractivity contribution in [3.8, 4) is 0 Å². The average molecular weight is 386 g/mol. The number of carboxylic acids is 1. The molecular formula is C21H26N2O5. The molecule has 28 heavy (non-hydrogen) atoms. The van der Waals surface area contributed by atoms with Crippen LogP contribution in [0, 0.1) is 11.8 Å². The zero-order valence-corrected chi connectivity index (χ0v) is 16.0. The lowest BCUT2D eigenvalue weighted by Gasteiger charge is -2.33. The fraction of sp³-hybridized carbons (Fsp3) is 0.476. The topological polar surface area (TPSA) is 107 Å². The van der Waals surface area contributed by atoms with Crippen LogP contribution in [-0.2, 0) is 14.4 Å². The maximum atomic E-state index is 13.0. The maximum Gasteiger partial charge on any atom is 0.327 e. The number of carbonyl (C=O) groups excluding carboxylic acids is 2. The fourth-order valence-corrected chi connectivity index (χ4v) is 4.28. The van der Waals surface area contributed by atoms with E-state index in [1.165, 1.54) is 11.8 Å². The van der Waals surface area contributed by atoms with Crippen molar-refractivity contribution in [1.82, 2.24) is 10.2 Å². The Morgan fingerprint density at radius 3 is 2.54 bits per heavy atom. The summed E-state index contributed by atoms with van der Waals surface area (Å²) in [6, 6.07) is 8.74. The lowest BCUT2D eigenvalue weighted by atomic mass is 9.77. The van der Waals surface area contributed by atoms with E-state index in [0.717, 1.165) is 12.0 Å². The molecule has 0 radical (unpaired) electrons. The summed E-state index contributed by atoms with van der Waals surface area (Å²) in [6.07, 6.45) is 3.62. The zero-order valence-electron chi connectivity index (χ0n) is 16.0. The molecule has 1 aromatic carbocycles. The molecule has 2 aliphatic rings. The number of rotatable bonds is 7. The van der Waals surface area contributed by atoms with Gasteiger partial charge in [0, 0.05) is 12.6 Å². The predicted octanol–water partition coefficient (Wildman–Crippen LogP) is 1.28. The van der Waals surface area contributed by atoms with Crippen LogP contribution in [0.2, 0.25) is 0 Å². The largest absolute Gasteiger partial charge is 0.480 e. The van der Waals surface area contributed by atoms with Crippen LogP contribution in [-0.4, -0.2) is 57.1 Å². The van der Waals surface area contributed by atoms with E-state index in [-0.39, 0.29) is 12.5 Å². The molecule has 0 spiro atoms. The van der Waals surface area contributed by atoms with Crippen LogP contribution in [0.3, 0.4) is 0 Å². The summed E-state index contributed by atoms with van der Waals surface area (Å²) in [7, 11) is 0. The van der Waals surface area contributed by atoms with Crippen LogP contribution in [0.5, 0.6) is 0 Å². The van der Waals surface area contributed by atoms with E-state index >= 15 is 0 Å². The summed E-state index contributed by atoms with van der Waals surface area (Å²) < 4.78 is 0. The number of amides is 2. The van der Waals surface area contributed by atoms with Crippen molar-refractivity contribution in [2.45, 2.75) is 44.4 Å². The molecule has 3 N–H and O–H groups in total. The number of carbonyl (C=O) groups is 3. The first-order chi connectivity index (χ1) is 13.3. The summed E-state index contributed by atoms with van der Waals surface area (Å²) in [5.41, 5.74) is -1.00. The van der Waals surface area contributed by atoms with Crippen LogP contribution < -0.4 is 5.32 Å². The molecule has 1 aromatic rings. The Balaban J connectivity index is 2.01.